The van der Waals surface area contributed by atoms with Crippen LogP contribution >= 0.6 is 15.9 Å². The standard InChI is InChI=1S/C7H2BrF2N3O2/c8-5-4(6(9)10)1-3(2-11)12-7(5)13(14)15/h1,6H. The highest BCUT2D eigenvalue weighted by atomic mass is 79.9. The van der Waals surface area contributed by atoms with Crippen molar-refractivity contribution in [3.63, 3.8) is 0 Å². The van der Waals surface area contributed by atoms with Crippen LogP contribution in [-0.2, 0) is 0 Å². The quantitative estimate of drug-likeness (QED) is 0.615. The monoisotopic (exact) mass is 277 g/mol. The summed E-state index contributed by atoms with van der Waals surface area (Å²) < 4.78 is 24.4. The third-order valence-corrected chi connectivity index (χ3v) is 2.30. The molecule has 78 valence electrons. The van der Waals surface area contributed by atoms with Crippen LogP contribution in [0.15, 0.2) is 10.5 Å². The zero-order chi connectivity index (χ0) is 11.6. The van der Waals surface area contributed by atoms with E-state index in [1.165, 1.54) is 6.07 Å². The van der Waals surface area contributed by atoms with Gasteiger partial charge in [-0.05, 0) is 25.8 Å². The van der Waals surface area contributed by atoms with Crippen molar-refractivity contribution in [3.8, 4) is 6.07 Å². The van der Waals surface area contributed by atoms with E-state index in [9.17, 15) is 18.9 Å². The van der Waals surface area contributed by atoms with Crippen molar-refractivity contribution < 1.29 is 13.7 Å². The Bertz CT molecular complexity index is 458. The highest BCUT2D eigenvalue weighted by molar-refractivity contribution is 9.10. The maximum Gasteiger partial charge on any atom is 0.379 e. The summed E-state index contributed by atoms with van der Waals surface area (Å²) in [4.78, 5) is 12.8. The Hall–Kier alpha value is -1.62. The number of pyridine rings is 1. The first-order chi connectivity index (χ1) is 6.97. The topological polar surface area (TPSA) is 79.8 Å². The second-order valence-electron chi connectivity index (χ2n) is 2.40. The van der Waals surface area contributed by atoms with Crippen LogP contribution < -0.4 is 0 Å². The first-order valence-corrected chi connectivity index (χ1v) is 4.29. The fourth-order valence-corrected chi connectivity index (χ4v) is 1.39. The maximum absolute atomic E-state index is 12.4. The Kier molecular flexibility index (Phi) is 3.26. The molecule has 0 N–H and O–H groups in total. The van der Waals surface area contributed by atoms with Gasteiger partial charge in [0.25, 0.3) is 12.1 Å². The van der Waals surface area contributed by atoms with Crippen molar-refractivity contribution in [1.29, 1.82) is 5.26 Å². The van der Waals surface area contributed by atoms with Gasteiger partial charge in [0.05, 0.1) is 0 Å². The number of nitriles is 1. The lowest BCUT2D eigenvalue weighted by Crippen LogP contribution is -2.00. The molecule has 0 fully saturated rings. The minimum Gasteiger partial charge on any atom is -0.358 e. The predicted molar refractivity (Wildman–Crippen MR) is 48.3 cm³/mol. The first kappa shape index (κ1) is 11.5. The van der Waals surface area contributed by atoms with Crippen molar-refractivity contribution in [3.05, 3.63) is 31.9 Å². The van der Waals surface area contributed by atoms with E-state index in [0.29, 0.717) is 0 Å². The Morgan fingerprint density at radius 1 is 1.67 bits per heavy atom. The van der Waals surface area contributed by atoms with Crippen molar-refractivity contribution in [2.45, 2.75) is 6.43 Å². The number of nitrogens with zero attached hydrogens (tertiary/aromatic N) is 3. The van der Waals surface area contributed by atoms with Crippen LogP contribution in [0.5, 0.6) is 0 Å². The Morgan fingerprint density at radius 2 is 2.27 bits per heavy atom. The molecule has 0 spiro atoms. The Morgan fingerprint density at radius 3 is 2.67 bits per heavy atom. The molecule has 0 unspecified atom stereocenters. The van der Waals surface area contributed by atoms with Crippen LogP contribution in [0.25, 0.3) is 0 Å². The molecule has 0 radical (unpaired) electrons. The second kappa shape index (κ2) is 4.27. The molecule has 0 atom stereocenters. The molecule has 1 aromatic heterocycles. The third kappa shape index (κ3) is 2.24. The molecule has 0 bridgehead atoms. The number of alkyl halides is 2. The number of aromatic nitrogens is 1. The molecule has 0 aliphatic heterocycles. The van der Waals surface area contributed by atoms with E-state index < -0.39 is 32.9 Å². The van der Waals surface area contributed by atoms with Crippen LogP contribution in [-0.4, -0.2) is 9.91 Å². The molecule has 0 aliphatic carbocycles. The van der Waals surface area contributed by atoms with E-state index in [2.05, 4.69) is 20.9 Å². The van der Waals surface area contributed by atoms with E-state index in [-0.39, 0.29) is 0 Å². The molecule has 1 aromatic rings. The molecule has 15 heavy (non-hydrogen) atoms. The molecular weight excluding hydrogens is 276 g/mol. The fraction of sp³-hybridized carbons (Fsp3) is 0.143. The summed E-state index contributed by atoms with van der Waals surface area (Å²) in [7, 11) is 0. The van der Waals surface area contributed by atoms with Crippen LogP contribution in [0.2, 0.25) is 0 Å². The minimum atomic E-state index is -2.91. The first-order valence-electron chi connectivity index (χ1n) is 3.50. The zero-order valence-corrected chi connectivity index (χ0v) is 8.53. The Balaban J connectivity index is 3.49. The molecule has 0 saturated carbocycles. The summed E-state index contributed by atoms with van der Waals surface area (Å²) >= 11 is 2.65. The minimum absolute atomic E-state index is 0.401. The average molecular weight is 278 g/mol. The van der Waals surface area contributed by atoms with Crippen LogP contribution in [0, 0.1) is 21.4 Å². The van der Waals surface area contributed by atoms with Crippen LogP contribution in [0.1, 0.15) is 17.7 Å². The van der Waals surface area contributed by atoms with Gasteiger partial charge < -0.3 is 10.1 Å². The van der Waals surface area contributed by atoms with Crippen molar-refractivity contribution >= 4 is 21.7 Å². The normalized spacial score (nSPS) is 10.1. The van der Waals surface area contributed by atoms with Gasteiger partial charge >= 0.3 is 5.82 Å². The van der Waals surface area contributed by atoms with Crippen molar-refractivity contribution in [2.24, 2.45) is 0 Å². The van der Waals surface area contributed by atoms with Gasteiger partial charge in [0.15, 0.2) is 0 Å². The number of halogens is 3. The van der Waals surface area contributed by atoms with Crippen LogP contribution in [0.4, 0.5) is 14.6 Å². The smallest absolute Gasteiger partial charge is 0.358 e. The molecule has 1 heterocycles. The van der Waals surface area contributed by atoms with E-state index in [0.717, 1.165) is 6.07 Å². The Labute approximate surface area is 90.6 Å². The largest absolute Gasteiger partial charge is 0.379 e. The number of hydrogen-bond donors (Lipinski definition) is 0. The maximum atomic E-state index is 12.4. The summed E-state index contributed by atoms with van der Waals surface area (Å²) in [5, 5.41) is 18.9. The van der Waals surface area contributed by atoms with Gasteiger partial charge in [0.2, 0.25) is 0 Å². The molecular formula is C7H2BrF2N3O2. The lowest BCUT2D eigenvalue weighted by atomic mass is 10.2. The van der Waals surface area contributed by atoms with E-state index in [1.807, 2.05) is 0 Å². The highest BCUT2D eigenvalue weighted by Crippen LogP contribution is 2.33. The van der Waals surface area contributed by atoms with Crippen molar-refractivity contribution in [2.75, 3.05) is 0 Å². The fourth-order valence-electron chi connectivity index (χ4n) is 0.872. The summed E-state index contributed by atoms with van der Waals surface area (Å²) in [5.74, 6) is -0.788. The van der Waals surface area contributed by atoms with Crippen LogP contribution in [0.3, 0.4) is 0 Å². The SMILES string of the molecule is N#Cc1cc(C(F)F)c(Br)c([N+](=O)[O-])n1. The molecule has 5 nitrogen and oxygen atoms in total. The molecule has 8 heteroatoms. The molecule has 0 aromatic carbocycles. The van der Waals surface area contributed by atoms with Gasteiger partial charge in [-0.25, -0.2) is 8.78 Å². The van der Waals surface area contributed by atoms with Gasteiger partial charge in [0.1, 0.15) is 10.5 Å². The summed E-state index contributed by atoms with van der Waals surface area (Å²) in [6, 6.07) is 2.28. The van der Waals surface area contributed by atoms with E-state index in [4.69, 9.17) is 5.26 Å². The molecule has 0 aliphatic rings. The predicted octanol–water partition coefficient (Wildman–Crippen LogP) is 2.56. The second-order valence-corrected chi connectivity index (χ2v) is 3.20. The number of nitro groups is 1. The lowest BCUT2D eigenvalue weighted by Gasteiger charge is -2.02. The summed E-state index contributed by atoms with van der Waals surface area (Å²) in [5.41, 5.74) is -1.03. The van der Waals surface area contributed by atoms with E-state index in [1.54, 1.807) is 0 Å². The highest BCUT2D eigenvalue weighted by Gasteiger charge is 2.25. The van der Waals surface area contributed by atoms with Crippen molar-refractivity contribution in [1.82, 2.24) is 4.98 Å². The van der Waals surface area contributed by atoms with E-state index >= 15 is 0 Å². The average Bonchev–Trinajstić information content (AvgIpc) is 2.17. The van der Waals surface area contributed by atoms with Gasteiger partial charge in [0, 0.05) is 11.6 Å². The third-order valence-electron chi connectivity index (χ3n) is 1.49. The number of rotatable bonds is 2. The van der Waals surface area contributed by atoms with Gasteiger partial charge in [-0.2, -0.15) is 5.26 Å². The van der Waals surface area contributed by atoms with Gasteiger partial charge in [-0.3, -0.25) is 0 Å². The summed E-state index contributed by atoms with van der Waals surface area (Å²) in [6.07, 6.45) is -2.91. The molecule has 1 rings (SSSR count). The van der Waals surface area contributed by atoms with Gasteiger partial charge in [-0.1, -0.05) is 0 Å². The lowest BCUT2D eigenvalue weighted by molar-refractivity contribution is -0.390. The molecule has 0 amide bonds. The molecule has 0 saturated heterocycles. The summed E-state index contributed by atoms with van der Waals surface area (Å²) in [6.45, 7) is 0. The zero-order valence-electron chi connectivity index (χ0n) is 6.95. The number of hydrogen-bond acceptors (Lipinski definition) is 4. The van der Waals surface area contributed by atoms with Gasteiger partial charge in [-0.15, -0.1) is 0 Å².